The molecule has 0 bridgehead atoms. The molecular formula is C7H8NO2S+. The molecule has 1 unspecified atom stereocenters. The van der Waals surface area contributed by atoms with Crippen molar-refractivity contribution in [3.63, 3.8) is 0 Å². The summed E-state index contributed by atoms with van der Waals surface area (Å²) >= 11 is 1.62. The second-order valence-corrected chi connectivity index (χ2v) is 3.43. The molecule has 0 fully saturated rings. The Kier molecular flexibility index (Phi) is 1.42. The Bertz CT molecular complexity index is 294. The van der Waals surface area contributed by atoms with Crippen LogP contribution in [-0.4, -0.2) is 5.97 Å². The molecule has 11 heavy (non-hydrogen) atoms. The van der Waals surface area contributed by atoms with Gasteiger partial charge < -0.3 is 4.74 Å². The number of hydrogen-bond donors (Lipinski definition) is 0. The number of thiazole rings is 1. The summed E-state index contributed by atoms with van der Waals surface area (Å²) in [7, 11) is 0. The summed E-state index contributed by atoms with van der Waals surface area (Å²) in [6.07, 6.45) is 1.84. The van der Waals surface area contributed by atoms with E-state index in [2.05, 4.69) is 0 Å². The number of hydrogen-bond acceptors (Lipinski definition) is 3. The Morgan fingerprint density at radius 3 is 3.45 bits per heavy atom. The van der Waals surface area contributed by atoms with Crippen molar-refractivity contribution in [3.8, 4) is 0 Å². The zero-order valence-corrected chi connectivity index (χ0v) is 6.93. The Morgan fingerprint density at radius 1 is 1.82 bits per heavy atom. The van der Waals surface area contributed by atoms with E-state index >= 15 is 0 Å². The third-order valence-corrected chi connectivity index (χ3v) is 2.73. The minimum Gasteiger partial charge on any atom is -0.446 e. The summed E-state index contributed by atoms with van der Waals surface area (Å²) in [5, 5.41) is 3.08. The zero-order valence-electron chi connectivity index (χ0n) is 6.11. The molecule has 1 aromatic heterocycles. The molecule has 0 radical (unpaired) electrons. The maximum atomic E-state index is 10.9. The molecule has 2 rings (SSSR count). The second kappa shape index (κ2) is 2.30. The summed E-state index contributed by atoms with van der Waals surface area (Å²) in [4.78, 5) is 10.9. The molecule has 0 N–H and O–H groups in total. The molecule has 3 nitrogen and oxygen atoms in total. The highest BCUT2D eigenvalue weighted by Gasteiger charge is 2.31. The average Bonchev–Trinajstić information content (AvgIpc) is 2.34. The summed E-state index contributed by atoms with van der Waals surface area (Å²) in [6, 6.07) is 0. The quantitative estimate of drug-likeness (QED) is 0.423. The molecule has 0 aliphatic carbocycles. The smallest absolute Gasteiger partial charge is 0.373 e. The monoisotopic (exact) mass is 170 g/mol. The van der Waals surface area contributed by atoms with Crippen molar-refractivity contribution < 1.29 is 14.1 Å². The van der Waals surface area contributed by atoms with Crippen molar-refractivity contribution in [1.82, 2.24) is 0 Å². The first-order valence-corrected chi connectivity index (χ1v) is 4.31. The highest BCUT2D eigenvalue weighted by Crippen LogP contribution is 2.20. The van der Waals surface area contributed by atoms with Crippen molar-refractivity contribution in [2.24, 2.45) is 0 Å². The molecular weight excluding hydrogens is 162 g/mol. The number of carbonyl (C=O) groups is 1. The number of ether oxygens (including phenoxy) is 1. The van der Waals surface area contributed by atoms with Crippen LogP contribution >= 0.6 is 11.3 Å². The van der Waals surface area contributed by atoms with Crippen LogP contribution in [0, 0.1) is 0 Å². The topological polar surface area (TPSA) is 30.2 Å². The third kappa shape index (κ3) is 1.03. The van der Waals surface area contributed by atoms with Gasteiger partial charge in [-0.1, -0.05) is 11.3 Å². The van der Waals surface area contributed by atoms with Gasteiger partial charge in [-0.05, 0) is 6.92 Å². The zero-order chi connectivity index (χ0) is 7.84. The van der Waals surface area contributed by atoms with Crippen molar-refractivity contribution in [2.75, 3.05) is 0 Å². The minimum absolute atomic E-state index is 0.0729. The molecule has 1 atom stereocenters. The van der Waals surface area contributed by atoms with Gasteiger partial charge in [-0.3, -0.25) is 0 Å². The van der Waals surface area contributed by atoms with Gasteiger partial charge in [-0.25, -0.2) is 4.79 Å². The van der Waals surface area contributed by atoms with E-state index < -0.39 is 0 Å². The summed E-state index contributed by atoms with van der Waals surface area (Å²) in [5.74, 6) is -0.145. The predicted molar refractivity (Wildman–Crippen MR) is 39.0 cm³/mol. The fourth-order valence-electron chi connectivity index (χ4n) is 1.20. The summed E-state index contributed by atoms with van der Waals surface area (Å²) in [6.45, 7) is 2.25. The molecule has 1 aliphatic heterocycles. The van der Waals surface area contributed by atoms with Gasteiger partial charge in [0.1, 0.15) is 0 Å². The maximum Gasteiger partial charge on any atom is 0.373 e. The molecule has 2 heterocycles. The van der Waals surface area contributed by atoms with Gasteiger partial charge in [-0.15, -0.1) is 0 Å². The van der Waals surface area contributed by atoms with Gasteiger partial charge in [0, 0.05) is 0 Å². The summed E-state index contributed by atoms with van der Waals surface area (Å²) < 4.78 is 6.95. The van der Waals surface area contributed by atoms with Crippen LogP contribution in [0.3, 0.4) is 0 Å². The van der Waals surface area contributed by atoms with E-state index in [4.69, 9.17) is 4.74 Å². The van der Waals surface area contributed by atoms with Gasteiger partial charge in [0.15, 0.2) is 12.3 Å². The number of esters is 1. The number of rotatable bonds is 0. The van der Waals surface area contributed by atoms with E-state index in [0.29, 0.717) is 6.54 Å². The van der Waals surface area contributed by atoms with E-state index in [9.17, 15) is 4.79 Å². The van der Waals surface area contributed by atoms with Crippen LogP contribution in [0.2, 0.25) is 0 Å². The number of nitrogens with zero attached hydrogens (tertiary/aromatic N) is 1. The van der Waals surface area contributed by atoms with Crippen LogP contribution < -0.4 is 4.57 Å². The average molecular weight is 170 g/mol. The van der Waals surface area contributed by atoms with Crippen molar-refractivity contribution in [3.05, 3.63) is 16.6 Å². The van der Waals surface area contributed by atoms with E-state index in [1.165, 1.54) is 0 Å². The first-order chi connectivity index (χ1) is 5.27. The van der Waals surface area contributed by atoms with Crippen molar-refractivity contribution in [2.45, 2.75) is 19.6 Å². The molecule has 0 saturated carbocycles. The third-order valence-electron chi connectivity index (χ3n) is 1.67. The Balaban J connectivity index is 2.43. The van der Waals surface area contributed by atoms with Crippen molar-refractivity contribution >= 4 is 17.3 Å². The Hall–Kier alpha value is -0.900. The number of fused-ring (bicyclic) bond motifs is 1. The first-order valence-electron chi connectivity index (χ1n) is 3.43. The van der Waals surface area contributed by atoms with E-state index in [1.807, 2.05) is 23.1 Å². The summed E-state index contributed by atoms with van der Waals surface area (Å²) in [5.41, 5.74) is 0. The molecule has 1 aromatic rings. The van der Waals surface area contributed by atoms with Crippen molar-refractivity contribution in [1.29, 1.82) is 0 Å². The number of aromatic nitrogens is 1. The van der Waals surface area contributed by atoms with Crippen LogP contribution in [0.25, 0.3) is 0 Å². The van der Waals surface area contributed by atoms with Crippen LogP contribution in [0.4, 0.5) is 0 Å². The number of carbonyl (C=O) groups excluding carboxylic acids is 1. The van der Waals surface area contributed by atoms with E-state index in [1.54, 1.807) is 11.3 Å². The second-order valence-electron chi connectivity index (χ2n) is 2.50. The SMILES string of the molecule is CC1OC(=O)C[n+]2ccsc21. The normalized spacial score (nSPS) is 22.6. The first kappa shape index (κ1) is 6.79. The highest BCUT2D eigenvalue weighted by atomic mass is 32.1. The largest absolute Gasteiger partial charge is 0.446 e. The van der Waals surface area contributed by atoms with Crippen LogP contribution in [0.1, 0.15) is 18.0 Å². The Morgan fingerprint density at radius 2 is 2.64 bits per heavy atom. The molecule has 0 aromatic carbocycles. The van der Waals surface area contributed by atoms with Gasteiger partial charge in [0.25, 0.3) is 5.01 Å². The lowest BCUT2D eigenvalue weighted by atomic mass is 10.3. The number of cyclic esters (lactones) is 1. The fraction of sp³-hybridized carbons (Fsp3) is 0.429. The molecule has 0 spiro atoms. The standard InChI is InChI=1S/C7H8NO2S/c1-5-7-8(2-3-11-7)4-6(9)10-5/h2-3,5H,4H2,1H3/q+1. The van der Waals surface area contributed by atoms with Crippen LogP contribution in [-0.2, 0) is 16.1 Å². The maximum absolute atomic E-state index is 10.9. The molecule has 0 saturated heterocycles. The van der Waals surface area contributed by atoms with Gasteiger partial charge in [-0.2, -0.15) is 4.57 Å². The Labute approximate surface area is 68.2 Å². The lowest BCUT2D eigenvalue weighted by Crippen LogP contribution is -2.45. The van der Waals surface area contributed by atoms with Crippen LogP contribution in [0.15, 0.2) is 11.6 Å². The van der Waals surface area contributed by atoms with Gasteiger partial charge in [0.2, 0.25) is 6.54 Å². The van der Waals surface area contributed by atoms with Crippen LogP contribution in [0.5, 0.6) is 0 Å². The fourth-order valence-corrected chi connectivity index (χ4v) is 2.05. The molecule has 58 valence electrons. The van der Waals surface area contributed by atoms with Gasteiger partial charge in [0.05, 0.1) is 5.38 Å². The molecule has 1 aliphatic rings. The van der Waals surface area contributed by atoms with Gasteiger partial charge >= 0.3 is 5.97 Å². The molecule has 4 heteroatoms. The predicted octanol–water partition coefficient (Wildman–Crippen LogP) is 0.653. The van der Waals surface area contributed by atoms with E-state index in [-0.39, 0.29) is 12.1 Å². The lowest BCUT2D eigenvalue weighted by Gasteiger charge is -2.12. The lowest BCUT2D eigenvalue weighted by molar-refractivity contribution is -0.697. The highest BCUT2D eigenvalue weighted by molar-refractivity contribution is 7.09. The minimum atomic E-state index is -0.145. The van der Waals surface area contributed by atoms with E-state index in [0.717, 1.165) is 5.01 Å². The molecule has 0 amide bonds.